The van der Waals surface area contributed by atoms with Crippen LogP contribution in [0, 0.1) is 0 Å². The number of rotatable bonds is 7. The molecular weight excluding hydrogens is 402 g/mol. The predicted octanol–water partition coefficient (Wildman–Crippen LogP) is 5.34. The normalized spacial score (nSPS) is 13.3. The summed E-state index contributed by atoms with van der Waals surface area (Å²) in [5.74, 6) is -0.819. The lowest BCUT2D eigenvalue weighted by Gasteiger charge is -2.18. The molecule has 0 bridgehead atoms. The highest BCUT2D eigenvalue weighted by Gasteiger charge is 2.29. The van der Waals surface area contributed by atoms with E-state index in [1.54, 1.807) is 0 Å². The Bertz CT molecular complexity index is 1090. The summed E-state index contributed by atoms with van der Waals surface area (Å²) in [6, 6.07) is 22.9. The fraction of sp³-hybridized carbons (Fsp3) is 0.259. The summed E-state index contributed by atoms with van der Waals surface area (Å²) in [5.41, 5.74) is 6.51. The maximum atomic E-state index is 12.5. The van der Waals surface area contributed by atoms with Gasteiger partial charge in [0.2, 0.25) is 0 Å². The first-order valence-electron chi connectivity index (χ1n) is 10.9. The molecule has 1 aliphatic carbocycles. The van der Waals surface area contributed by atoms with Gasteiger partial charge in [-0.3, -0.25) is 0 Å². The van der Waals surface area contributed by atoms with Gasteiger partial charge in [-0.25, -0.2) is 9.59 Å². The van der Waals surface area contributed by atoms with Gasteiger partial charge in [0.1, 0.15) is 12.6 Å². The van der Waals surface area contributed by atoms with E-state index < -0.39 is 18.1 Å². The SMILES string of the molecule is CC(C)c1cccc(CC(NC(=O)OCC2c3ccccc3-c3ccccc32)C(=O)O)c1. The summed E-state index contributed by atoms with van der Waals surface area (Å²) >= 11 is 0. The number of aliphatic carboxylic acids is 1. The quantitative estimate of drug-likeness (QED) is 0.531. The zero-order chi connectivity index (χ0) is 22.7. The Balaban J connectivity index is 1.43. The molecule has 3 aromatic rings. The highest BCUT2D eigenvalue weighted by atomic mass is 16.5. The van der Waals surface area contributed by atoms with Crippen LogP contribution in [-0.4, -0.2) is 29.8 Å². The molecule has 0 aromatic heterocycles. The molecule has 1 amide bonds. The van der Waals surface area contributed by atoms with Gasteiger partial charge in [0.05, 0.1) is 0 Å². The summed E-state index contributed by atoms with van der Waals surface area (Å²) in [4.78, 5) is 24.3. The Labute approximate surface area is 188 Å². The van der Waals surface area contributed by atoms with Crippen LogP contribution in [0.1, 0.15) is 47.9 Å². The Hall–Kier alpha value is -3.60. The number of carboxylic acid groups (broad SMARTS) is 1. The van der Waals surface area contributed by atoms with Crippen molar-refractivity contribution in [1.29, 1.82) is 0 Å². The van der Waals surface area contributed by atoms with Crippen LogP contribution in [0.2, 0.25) is 0 Å². The zero-order valence-electron chi connectivity index (χ0n) is 18.2. The molecule has 0 heterocycles. The Morgan fingerprint density at radius 2 is 1.56 bits per heavy atom. The largest absolute Gasteiger partial charge is 0.480 e. The van der Waals surface area contributed by atoms with Crippen molar-refractivity contribution in [1.82, 2.24) is 5.32 Å². The van der Waals surface area contributed by atoms with Crippen LogP contribution in [0.15, 0.2) is 72.8 Å². The summed E-state index contributed by atoms with van der Waals surface area (Å²) in [7, 11) is 0. The van der Waals surface area contributed by atoms with E-state index in [9.17, 15) is 14.7 Å². The first-order chi connectivity index (χ1) is 15.4. The van der Waals surface area contributed by atoms with Crippen molar-refractivity contribution in [2.45, 2.75) is 38.1 Å². The monoisotopic (exact) mass is 429 g/mol. The van der Waals surface area contributed by atoms with Gasteiger partial charge in [0, 0.05) is 12.3 Å². The smallest absolute Gasteiger partial charge is 0.407 e. The molecule has 0 saturated carbocycles. The number of nitrogens with one attached hydrogen (secondary N) is 1. The predicted molar refractivity (Wildman–Crippen MR) is 124 cm³/mol. The van der Waals surface area contributed by atoms with Crippen LogP contribution in [-0.2, 0) is 16.0 Å². The van der Waals surface area contributed by atoms with Gasteiger partial charge in [0.25, 0.3) is 0 Å². The van der Waals surface area contributed by atoms with Gasteiger partial charge in [-0.2, -0.15) is 0 Å². The number of amides is 1. The number of ether oxygens (including phenoxy) is 1. The van der Waals surface area contributed by atoms with Crippen LogP contribution in [0.3, 0.4) is 0 Å². The Morgan fingerprint density at radius 3 is 2.16 bits per heavy atom. The standard InChI is InChI=1S/C27H27NO4/c1-17(2)19-9-7-8-18(14-19)15-25(26(29)30)28-27(31)32-16-24-22-12-5-3-10-20(22)21-11-4-6-13-23(21)24/h3-14,17,24-25H,15-16H2,1-2H3,(H,28,31)(H,29,30). The molecule has 5 nitrogen and oxygen atoms in total. The van der Waals surface area contributed by atoms with Gasteiger partial charge in [-0.05, 0) is 39.3 Å². The van der Waals surface area contributed by atoms with E-state index in [1.807, 2.05) is 60.7 Å². The highest BCUT2D eigenvalue weighted by Crippen LogP contribution is 2.44. The van der Waals surface area contributed by atoms with E-state index in [1.165, 1.54) is 0 Å². The van der Waals surface area contributed by atoms with Gasteiger partial charge in [0.15, 0.2) is 0 Å². The van der Waals surface area contributed by atoms with Crippen LogP contribution >= 0.6 is 0 Å². The molecule has 2 N–H and O–H groups in total. The lowest BCUT2D eigenvalue weighted by molar-refractivity contribution is -0.139. The molecule has 0 saturated heterocycles. The fourth-order valence-electron chi connectivity index (χ4n) is 4.30. The molecule has 32 heavy (non-hydrogen) atoms. The summed E-state index contributed by atoms with van der Waals surface area (Å²) in [5, 5.41) is 12.2. The zero-order valence-corrected chi connectivity index (χ0v) is 18.2. The van der Waals surface area contributed by atoms with Crippen molar-refractivity contribution in [2.75, 3.05) is 6.61 Å². The van der Waals surface area contributed by atoms with Crippen LogP contribution in [0.5, 0.6) is 0 Å². The summed E-state index contributed by atoms with van der Waals surface area (Å²) in [6.45, 7) is 4.32. The first-order valence-corrected chi connectivity index (χ1v) is 10.9. The van der Waals surface area contributed by atoms with E-state index in [-0.39, 0.29) is 18.9 Å². The number of carboxylic acids is 1. The van der Waals surface area contributed by atoms with Crippen molar-refractivity contribution in [3.63, 3.8) is 0 Å². The molecule has 4 rings (SSSR count). The lowest BCUT2D eigenvalue weighted by Crippen LogP contribution is -2.42. The molecule has 5 heteroatoms. The van der Waals surface area contributed by atoms with Crippen molar-refractivity contribution >= 4 is 12.1 Å². The number of carbonyl (C=O) groups excluding carboxylic acids is 1. The third-order valence-corrected chi connectivity index (χ3v) is 5.99. The van der Waals surface area contributed by atoms with Crippen LogP contribution < -0.4 is 5.32 Å². The third kappa shape index (κ3) is 4.52. The van der Waals surface area contributed by atoms with Crippen molar-refractivity contribution in [2.24, 2.45) is 0 Å². The third-order valence-electron chi connectivity index (χ3n) is 5.99. The van der Waals surface area contributed by atoms with Crippen molar-refractivity contribution < 1.29 is 19.4 Å². The topological polar surface area (TPSA) is 75.6 Å². The maximum Gasteiger partial charge on any atom is 0.407 e. The minimum atomic E-state index is -1.09. The average molecular weight is 430 g/mol. The minimum Gasteiger partial charge on any atom is -0.480 e. The van der Waals surface area contributed by atoms with Crippen LogP contribution in [0.25, 0.3) is 11.1 Å². The van der Waals surface area contributed by atoms with E-state index in [4.69, 9.17) is 4.74 Å². The number of hydrogen-bond donors (Lipinski definition) is 2. The average Bonchev–Trinajstić information content (AvgIpc) is 3.11. The molecule has 0 radical (unpaired) electrons. The minimum absolute atomic E-state index is 0.0702. The molecule has 0 aliphatic heterocycles. The number of hydrogen-bond acceptors (Lipinski definition) is 3. The van der Waals surface area contributed by atoms with E-state index in [0.717, 1.165) is 33.4 Å². The number of alkyl carbamates (subject to hydrolysis) is 1. The molecule has 1 unspecified atom stereocenters. The highest BCUT2D eigenvalue weighted by molar-refractivity contribution is 5.81. The fourth-order valence-corrected chi connectivity index (χ4v) is 4.30. The van der Waals surface area contributed by atoms with E-state index in [2.05, 4.69) is 31.3 Å². The Kier molecular flexibility index (Phi) is 6.26. The van der Waals surface area contributed by atoms with Crippen molar-refractivity contribution in [3.05, 3.63) is 95.1 Å². The van der Waals surface area contributed by atoms with Crippen molar-refractivity contribution in [3.8, 4) is 11.1 Å². The summed E-state index contributed by atoms with van der Waals surface area (Å²) in [6.07, 6.45) is -0.528. The molecule has 164 valence electrons. The second-order valence-corrected chi connectivity index (χ2v) is 8.46. The number of benzene rings is 3. The maximum absolute atomic E-state index is 12.5. The van der Waals surface area contributed by atoms with Gasteiger partial charge in [-0.1, -0.05) is 86.6 Å². The van der Waals surface area contributed by atoms with Gasteiger partial charge in [-0.15, -0.1) is 0 Å². The Morgan fingerprint density at radius 1 is 0.938 bits per heavy atom. The van der Waals surface area contributed by atoms with Crippen LogP contribution in [0.4, 0.5) is 4.79 Å². The second kappa shape index (κ2) is 9.27. The van der Waals surface area contributed by atoms with Gasteiger partial charge >= 0.3 is 12.1 Å². The molecule has 3 aromatic carbocycles. The first kappa shape index (κ1) is 21.6. The molecule has 0 fully saturated rings. The molecule has 1 atom stereocenters. The van der Waals surface area contributed by atoms with E-state index in [0.29, 0.717) is 5.92 Å². The molecular formula is C27H27NO4. The summed E-state index contributed by atoms with van der Waals surface area (Å²) < 4.78 is 5.51. The van der Waals surface area contributed by atoms with E-state index >= 15 is 0 Å². The van der Waals surface area contributed by atoms with Gasteiger partial charge < -0.3 is 15.2 Å². The molecule has 1 aliphatic rings. The lowest BCUT2D eigenvalue weighted by atomic mass is 9.98. The number of fused-ring (bicyclic) bond motifs is 3. The second-order valence-electron chi connectivity index (χ2n) is 8.46. The number of carbonyl (C=O) groups is 2. The molecule has 0 spiro atoms.